The quantitative estimate of drug-likeness (QED) is 0.686. The summed E-state index contributed by atoms with van der Waals surface area (Å²) in [5.74, 6) is 0.644. The van der Waals surface area contributed by atoms with Crippen molar-refractivity contribution < 1.29 is 8.39 Å². The predicted octanol–water partition coefficient (Wildman–Crippen LogP) is 1.99. The lowest BCUT2D eigenvalue weighted by Crippen LogP contribution is -2.19. The molecule has 0 spiro atoms. The molecule has 3 heteroatoms. The Balaban J connectivity index is 2.31. The summed E-state index contributed by atoms with van der Waals surface area (Å²) in [5, 5.41) is 0. The first-order chi connectivity index (χ1) is 6.21. The van der Waals surface area contributed by atoms with Crippen LogP contribution in [0.4, 0.5) is 0 Å². The van der Waals surface area contributed by atoms with Gasteiger partial charge in [0.15, 0.2) is 11.1 Å². The third-order valence-corrected chi connectivity index (χ3v) is 3.50. The average Bonchev–Trinajstić information content (AvgIpc) is 2.49. The highest BCUT2D eigenvalue weighted by Gasteiger charge is 2.36. The molecule has 2 rings (SSSR count). The second kappa shape index (κ2) is 3.24. The molecule has 1 heterocycles. The lowest BCUT2D eigenvalue weighted by atomic mass is 9.94. The molecule has 2 unspecified atom stereocenters. The van der Waals surface area contributed by atoms with Crippen molar-refractivity contribution in [3.8, 4) is 0 Å². The third kappa shape index (κ3) is 1.67. The van der Waals surface area contributed by atoms with Crippen LogP contribution < -0.4 is 0 Å². The normalized spacial score (nSPS) is 33.5. The van der Waals surface area contributed by atoms with Gasteiger partial charge in [-0.1, -0.05) is 30.3 Å². The second-order valence-electron chi connectivity index (χ2n) is 3.44. The van der Waals surface area contributed by atoms with E-state index in [9.17, 15) is 4.21 Å². The van der Waals surface area contributed by atoms with Crippen molar-refractivity contribution in [3.05, 3.63) is 35.9 Å². The van der Waals surface area contributed by atoms with Gasteiger partial charge in [-0.15, -0.1) is 0 Å². The van der Waals surface area contributed by atoms with Crippen LogP contribution in [0.3, 0.4) is 0 Å². The van der Waals surface area contributed by atoms with Crippen LogP contribution in [0.5, 0.6) is 0 Å². The van der Waals surface area contributed by atoms with Crippen molar-refractivity contribution in [1.82, 2.24) is 0 Å². The average molecular weight is 196 g/mol. The van der Waals surface area contributed by atoms with Crippen molar-refractivity contribution in [2.45, 2.75) is 18.9 Å². The van der Waals surface area contributed by atoms with E-state index in [1.165, 1.54) is 0 Å². The van der Waals surface area contributed by atoms with Gasteiger partial charge in [0.2, 0.25) is 0 Å². The maximum absolute atomic E-state index is 11.1. The largest absolute Gasteiger partial charge is 0.279 e. The predicted molar refractivity (Wildman–Crippen MR) is 52.5 cm³/mol. The Morgan fingerprint density at radius 2 is 2.08 bits per heavy atom. The first kappa shape index (κ1) is 8.91. The standard InChI is InChI=1S/C10H12O2S/c1-10(7-8-13(11)12-10)9-5-3-2-4-6-9/h2-6H,7-8H2,1H3. The maximum Gasteiger partial charge on any atom is 0.156 e. The smallest absolute Gasteiger partial charge is 0.156 e. The van der Waals surface area contributed by atoms with Crippen LogP contribution in [-0.4, -0.2) is 9.96 Å². The fraction of sp³-hybridized carbons (Fsp3) is 0.400. The molecule has 1 fully saturated rings. The highest BCUT2D eigenvalue weighted by atomic mass is 32.2. The summed E-state index contributed by atoms with van der Waals surface area (Å²) in [4.78, 5) is 0. The van der Waals surface area contributed by atoms with E-state index < -0.39 is 11.1 Å². The van der Waals surface area contributed by atoms with E-state index in [1.54, 1.807) is 0 Å². The monoisotopic (exact) mass is 196 g/mol. The van der Waals surface area contributed by atoms with Gasteiger partial charge in [0, 0.05) is 0 Å². The van der Waals surface area contributed by atoms with Gasteiger partial charge < -0.3 is 0 Å². The van der Waals surface area contributed by atoms with Crippen molar-refractivity contribution in [3.63, 3.8) is 0 Å². The second-order valence-corrected chi connectivity index (χ2v) is 4.62. The van der Waals surface area contributed by atoms with Crippen LogP contribution in [0.15, 0.2) is 30.3 Å². The van der Waals surface area contributed by atoms with Gasteiger partial charge in [0.1, 0.15) is 5.60 Å². The third-order valence-electron chi connectivity index (χ3n) is 2.41. The van der Waals surface area contributed by atoms with Crippen LogP contribution in [-0.2, 0) is 20.9 Å². The molecule has 0 bridgehead atoms. The zero-order chi connectivity index (χ0) is 9.31. The Labute approximate surface area is 80.6 Å². The molecule has 1 aliphatic heterocycles. The lowest BCUT2D eigenvalue weighted by molar-refractivity contribution is 0.127. The van der Waals surface area contributed by atoms with Crippen molar-refractivity contribution in [2.24, 2.45) is 0 Å². The van der Waals surface area contributed by atoms with Crippen molar-refractivity contribution in [2.75, 3.05) is 5.75 Å². The van der Waals surface area contributed by atoms with E-state index in [-0.39, 0.29) is 5.60 Å². The Hall–Kier alpha value is -0.670. The Morgan fingerprint density at radius 3 is 2.62 bits per heavy atom. The van der Waals surface area contributed by atoms with E-state index in [4.69, 9.17) is 4.18 Å². The zero-order valence-corrected chi connectivity index (χ0v) is 8.34. The van der Waals surface area contributed by atoms with Crippen LogP contribution in [0.2, 0.25) is 0 Å². The highest BCUT2D eigenvalue weighted by Crippen LogP contribution is 2.35. The van der Waals surface area contributed by atoms with Gasteiger partial charge in [0.05, 0.1) is 5.75 Å². The van der Waals surface area contributed by atoms with Gasteiger partial charge in [-0.3, -0.25) is 4.18 Å². The fourth-order valence-corrected chi connectivity index (χ4v) is 2.78. The van der Waals surface area contributed by atoms with Crippen LogP contribution in [0.1, 0.15) is 18.9 Å². The Bertz CT molecular complexity index is 323. The molecular formula is C10H12O2S. The lowest BCUT2D eigenvalue weighted by Gasteiger charge is -2.21. The molecule has 1 aromatic rings. The SMILES string of the molecule is CC1(c2ccccc2)CCS(=O)O1. The van der Waals surface area contributed by atoms with E-state index in [1.807, 2.05) is 37.3 Å². The molecule has 1 saturated heterocycles. The molecule has 0 amide bonds. The summed E-state index contributed by atoms with van der Waals surface area (Å²) in [6.45, 7) is 1.99. The van der Waals surface area contributed by atoms with E-state index in [0.717, 1.165) is 12.0 Å². The number of rotatable bonds is 1. The summed E-state index contributed by atoms with van der Waals surface area (Å²) >= 11 is -1.09. The van der Waals surface area contributed by atoms with Crippen molar-refractivity contribution >= 4 is 11.1 Å². The molecule has 13 heavy (non-hydrogen) atoms. The Kier molecular flexibility index (Phi) is 2.22. The Morgan fingerprint density at radius 1 is 1.38 bits per heavy atom. The summed E-state index contributed by atoms with van der Waals surface area (Å²) in [5.41, 5.74) is 0.771. The minimum atomic E-state index is -1.09. The van der Waals surface area contributed by atoms with E-state index in [0.29, 0.717) is 5.75 Å². The van der Waals surface area contributed by atoms with Gasteiger partial charge >= 0.3 is 0 Å². The van der Waals surface area contributed by atoms with Crippen molar-refractivity contribution in [1.29, 1.82) is 0 Å². The fourth-order valence-electron chi connectivity index (χ4n) is 1.55. The molecule has 0 aromatic heterocycles. The zero-order valence-electron chi connectivity index (χ0n) is 7.53. The molecule has 0 N–H and O–H groups in total. The molecule has 2 nitrogen and oxygen atoms in total. The minimum absolute atomic E-state index is 0.341. The molecule has 0 aliphatic carbocycles. The maximum atomic E-state index is 11.1. The first-order valence-electron chi connectivity index (χ1n) is 4.34. The molecule has 1 aliphatic rings. The van der Waals surface area contributed by atoms with Gasteiger partial charge in [0.25, 0.3) is 0 Å². The van der Waals surface area contributed by atoms with Crippen LogP contribution in [0, 0.1) is 0 Å². The minimum Gasteiger partial charge on any atom is -0.279 e. The van der Waals surface area contributed by atoms with E-state index in [2.05, 4.69) is 0 Å². The summed E-state index contributed by atoms with van der Waals surface area (Å²) in [6, 6.07) is 9.96. The molecule has 0 radical (unpaired) electrons. The number of hydrogen-bond acceptors (Lipinski definition) is 2. The molecule has 70 valence electrons. The highest BCUT2D eigenvalue weighted by molar-refractivity contribution is 7.80. The number of hydrogen-bond donors (Lipinski definition) is 0. The van der Waals surface area contributed by atoms with Gasteiger partial charge in [-0.25, -0.2) is 4.21 Å². The summed E-state index contributed by atoms with van der Waals surface area (Å²) in [6.07, 6.45) is 0.837. The van der Waals surface area contributed by atoms with Crippen LogP contribution in [0.25, 0.3) is 0 Å². The topological polar surface area (TPSA) is 26.3 Å². The number of benzene rings is 1. The summed E-state index contributed by atoms with van der Waals surface area (Å²) in [7, 11) is 0. The van der Waals surface area contributed by atoms with Gasteiger partial charge in [-0.05, 0) is 18.9 Å². The van der Waals surface area contributed by atoms with E-state index >= 15 is 0 Å². The molecule has 2 atom stereocenters. The summed E-state index contributed by atoms with van der Waals surface area (Å²) < 4.78 is 16.5. The first-order valence-corrected chi connectivity index (χ1v) is 5.58. The molecule has 1 aromatic carbocycles. The van der Waals surface area contributed by atoms with Crippen LogP contribution >= 0.6 is 0 Å². The van der Waals surface area contributed by atoms with Gasteiger partial charge in [-0.2, -0.15) is 0 Å². The molecule has 0 saturated carbocycles. The molecular weight excluding hydrogens is 184 g/mol.